The molecule has 0 spiro atoms. The largest absolute Gasteiger partial charge is 0.494 e. The Balaban J connectivity index is 2.08. The zero-order valence-electron chi connectivity index (χ0n) is 16.5. The summed E-state index contributed by atoms with van der Waals surface area (Å²) in [6.07, 6.45) is 1.49. The zero-order chi connectivity index (χ0) is 21.0. The second kappa shape index (κ2) is 8.60. The van der Waals surface area contributed by atoms with Gasteiger partial charge in [0.1, 0.15) is 17.1 Å². The number of hydrogen-bond donors (Lipinski definition) is 1. The number of benzene rings is 2. The molecule has 2 aromatic carbocycles. The number of carbonyl (C=O) groups is 3. The van der Waals surface area contributed by atoms with E-state index in [1.165, 1.54) is 6.08 Å². The van der Waals surface area contributed by atoms with Crippen LogP contribution in [-0.4, -0.2) is 31.1 Å². The lowest BCUT2D eigenvalue weighted by atomic mass is 10.0. The number of barbiturate groups is 1. The number of aryl methyl sites for hydroxylation is 1. The van der Waals surface area contributed by atoms with Gasteiger partial charge in [0.15, 0.2) is 0 Å². The minimum absolute atomic E-state index is 0.136. The fourth-order valence-electron chi connectivity index (χ4n) is 2.99. The van der Waals surface area contributed by atoms with Crippen LogP contribution in [-0.2, 0) is 9.59 Å². The molecule has 0 atom stereocenters. The molecule has 1 fully saturated rings. The Labute approximate surface area is 168 Å². The number of amides is 4. The summed E-state index contributed by atoms with van der Waals surface area (Å²) in [5, 5.41) is 2.23. The number of hydrogen-bond acceptors (Lipinski definition) is 5. The summed E-state index contributed by atoms with van der Waals surface area (Å²) in [4.78, 5) is 39.0. The molecule has 1 aliphatic heterocycles. The normalized spacial score (nSPS) is 15.5. The third kappa shape index (κ3) is 4.13. The lowest BCUT2D eigenvalue weighted by molar-refractivity contribution is -0.122. The van der Waals surface area contributed by atoms with Crippen LogP contribution in [0.15, 0.2) is 48.0 Å². The maximum Gasteiger partial charge on any atom is 0.336 e. The number of ether oxygens (including phenoxy) is 2. The van der Waals surface area contributed by atoms with Crippen molar-refractivity contribution in [1.82, 2.24) is 5.32 Å². The Morgan fingerprint density at radius 1 is 1.00 bits per heavy atom. The highest BCUT2D eigenvalue weighted by Crippen LogP contribution is 2.35. The van der Waals surface area contributed by atoms with Crippen LogP contribution >= 0.6 is 0 Å². The number of nitrogens with zero attached hydrogens (tertiary/aromatic N) is 1. The van der Waals surface area contributed by atoms with E-state index >= 15 is 0 Å². The van der Waals surface area contributed by atoms with E-state index in [4.69, 9.17) is 9.47 Å². The first kappa shape index (κ1) is 20.1. The van der Waals surface area contributed by atoms with Crippen molar-refractivity contribution in [3.63, 3.8) is 0 Å². The molecule has 3 rings (SSSR count). The number of urea groups is 1. The van der Waals surface area contributed by atoms with Crippen molar-refractivity contribution in [3.8, 4) is 11.5 Å². The summed E-state index contributed by atoms with van der Waals surface area (Å²) in [5.41, 5.74) is 1.69. The lowest BCUT2D eigenvalue weighted by Gasteiger charge is -2.28. The molecule has 1 heterocycles. The molecule has 150 valence electrons. The Hall–Kier alpha value is -3.61. The lowest BCUT2D eigenvalue weighted by Crippen LogP contribution is -2.54. The number of anilines is 1. The highest BCUT2D eigenvalue weighted by molar-refractivity contribution is 6.39. The summed E-state index contributed by atoms with van der Waals surface area (Å²) in [6.45, 7) is 6.27. The van der Waals surface area contributed by atoms with Crippen LogP contribution in [0, 0.1) is 6.92 Å². The Morgan fingerprint density at radius 3 is 2.41 bits per heavy atom. The molecule has 0 bridgehead atoms. The van der Waals surface area contributed by atoms with Gasteiger partial charge in [0, 0.05) is 6.07 Å². The molecule has 1 saturated heterocycles. The number of rotatable bonds is 6. The van der Waals surface area contributed by atoms with E-state index in [9.17, 15) is 14.4 Å². The van der Waals surface area contributed by atoms with Gasteiger partial charge >= 0.3 is 6.03 Å². The van der Waals surface area contributed by atoms with Crippen LogP contribution in [0.2, 0.25) is 0 Å². The van der Waals surface area contributed by atoms with Gasteiger partial charge in [-0.2, -0.15) is 0 Å². The van der Waals surface area contributed by atoms with Gasteiger partial charge in [0.25, 0.3) is 11.8 Å². The highest BCUT2D eigenvalue weighted by atomic mass is 16.5. The van der Waals surface area contributed by atoms with Crippen LogP contribution in [0.5, 0.6) is 11.5 Å². The number of carbonyl (C=O) groups excluding carboxylic acids is 3. The van der Waals surface area contributed by atoms with Crippen LogP contribution in [0.4, 0.5) is 10.5 Å². The monoisotopic (exact) mass is 394 g/mol. The van der Waals surface area contributed by atoms with Gasteiger partial charge in [-0.15, -0.1) is 0 Å². The average Bonchev–Trinajstić information content (AvgIpc) is 2.68. The molecule has 2 aromatic rings. The highest BCUT2D eigenvalue weighted by Gasteiger charge is 2.38. The van der Waals surface area contributed by atoms with E-state index in [1.807, 2.05) is 32.0 Å². The molecule has 0 saturated carbocycles. The summed E-state index contributed by atoms with van der Waals surface area (Å²) < 4.78 is 11.1. The van der Waals surface area contributed by atoms with Gasteiger partial charge < -0.3 is 9.47 Å². The van der Waals surface area contributed by atoms with Crippen molar-refractivity contribution in [1.29, 1.82) is 0 Å². The summed E-state index contributed by atoms with van der Waals surface area (Å²) in [7, 11) is 0. The minimum Gasteiger partial charge on any atom is -0.494 e. The van der Waals surface area contributed by atoms with E-state index in [0.29, 0.717) is 30.3 Å². The van der Waals surface area contributed by atoms with E-state index in [1.54, 1.807) is 31.2 Å². The van der Waals surface area contributed by atoms with Crippen LogP contribution in [0.3, 0.4) is 0 Å². The molecule has 0 unspecified atom stereocenters. The Kier molecular flexibility index (Phi) is 5.97. The fourth-order valence-corrected chi connectivity index (χ4v) is 2.99. The maximum atomic E-state index is 13.2. The van der Waals surface area contributed by atoms with Gasteiger partial charge in [-0.05, 0) is 50.1 Å². The number of imide groups is 2. The van der Waals surface area contributed by atoms with Crippen LogP contribution in [0.25, 0.3) is 6.08 Å². The van der Waals surface area contributed by atoms with Crippen LogP contribution < -0.4 is 19.7 Å². The van der Waals surface area contributed by atoms with Crippen molar-refractivity contribution < 1.29 is 23.9 Å². The zero-order valence-corrected chi connectivity index (χ0v) is 16.5. The van der Waals surface area contributed by atoms with Gasteiger partial charge in [-0.3, -0.25) is 14.9 Å². The molecule has 0 aromatic heterocycles. The quantitative estimate of drug-likeness (QED) is 0.599. The molecule has 7 nitrogen and oxygen atoms in total. The van der Waals surface area contributed by atoms with Gasteiger partial charge in [0.2, 0.25) is 0 Å². The molecular formula is C22H22N2O5. The summed E-state index contributed by atoms with van der Waals surface area (Å²) in [6, 6.07) is 11.4. The minimum atomic E-state index is -0.837. The van der Waals surface area contributed by atoms with Gasteiger partial charge in [-0.1, -0.05) is 24.3 Å². The van der Waals surface area contributed by atoms with Gasteiger partial charge in [-0.25, -0.2) is 9.69 Å². The predicted octanol–water partition coefficient (Wildman–Crippen LogP) is 3.46. The van der Waals surface area contributed by atoms with Crippen molar-refractivity contribution >= 4 is 29.6 Å². The van der Waals surface area contributed by atoms with Crippen LogP contribution in [0.1, 0.15) is 25.0 Å². The second-order valence-electron chi connectivity index (χ2n) is 6.31. The molecule has 1 N–H and O–H groups in total. The predicted molar refractivity (Wildman–Crippen MR) is 109 cm³/mol. The number of nitrogens with one attached hydrogen (secondary N) is 1. The Morgan fingerprint density at radius 2 is 1.72 bits per heavy atom. The smallest absolute Gasteiger partial charge is 0.336 e. The van der Waals surface area contributed by atoms with E-state index in [2.05, 4.69) is 5.32 Å². The van der Waals surface area contributed by atoms with Crippen molar-refractivity contribution in [3.05, 3.63) is 59.2 Å². The van der Waals surface area contributed by atoms with Gasteiger partial charge in [0.05, 0.1) is 18.9 Å². The first-order chi connectivity index (χ1) is 14.0. The first-order valence-corrected chi connectivity index (χ1v) is 9.33. The average molecular weight is 394 g/mol. The Bertz CT molecular complexity index is 996. The molecule has 0 radical (unpaired) electrons. The molecule has 0 aliphatic carbocycles. The van der Waals surface area contributed by atoms with E-state index in [0.717, 1.165) is 10.5 Å². The molecule has 1 aliphatic rings. The molecule has 4 amide bonds. The maximum absolute atomic E-state index is 13.2. The van der Waals surface area contributed by atoms with Crippen molar-refractivity contribution in [2.24, 2.45) is 0 Å². The first-order valence-electron chi connectivity index (χ1n) is 9.33. The standard InChI is InChI=1S/C22H22N2O5/c1-4-28-16-10-11-19(29-5-2)18(13-16)24-21(26)17(20(25)23-22(24)27)12-15-9-7-6-8-14(15)3/h6-13H,4-5H2,1-3H3,(H,23,25,27)/b17-12+. The van der Waals surface area contributed by atoms with Crippen molar-refractivity contribution in [2.45, 2.75) is 20.8 Å². The summed E-state index contributed by atoms with van der Waals surface area (Å²) in [5.74, 6) is -0.646. The van der Waals surface area contributed by atoms with E-state index < -0.39 is 17.8 Å². The summed E-state index contributed by atoms with van der Waals surface area (Å²) >= 11 is 0. The second-order valence-corrected chi connectivity index (χ2v) is 6.31. The van der Waals surface area contributed by atoms with Crippen molar-refractivity contribution in [2.75, 3.05) is 18.1 Å². The molecule has 7 heteroatoms. The molecule has 29 heavy (non-hydrogen) atoms. The fraction of sp³-hybridized carbons (Fsp3) is 0.227. The molecular weight excluding hydrogens is 372 g/mol. The topological polar surface area (TPSA) is 84.9 Å². The SMILES string of the molecule is CCOc1ccc(OCC)c(N2C(=O)NC(=O)/C(=C\c3ccccc3C)C2=O)c1. The van der Waals surface area contributed by atoms with E-state index in [-0.39, 0.29) is 11.3 Å². The third-order valence-corrected chi connectivity index (χ3v) is 4.37. The third-order valence-electron chi connectivity index (χ3n) is 4.37.